The van der Waals surface area contributed by atoms with Crippen molar-refractivity contribution in [3.05, 3.63) is 87.6 Å². The Morgan fingerprint density at radius 2 is 1.64 bits per heavy atom. The van der Waals surface area contributed by atoms with Crippen molar-refractivity contribution in [3.63, 3.8) is 0 Å². The van der Waals surface area contributed by atoms with Crippen molar-refractivity contribution >= 4 is 40.7 Å². The third kappa shape index (κ3) is 3.62. The van der Waals surface area contributed by atoms with Crippen molar-refractivity contribution in [3.8, 4) is 0 Å². The van der Waals surface area contributed by atoms with Crippen LogP contribution in [-0.4, -0.2) is 35.3 Å². The molecule has 0 bridgehead atoms. The summed E-state index contributed by atoms with van der Waals surface area (Å²) >= 11 is 1.46. The topological polar surface area (TPSA) is 84.0 Å². The highest BCUT2D eigenvalue weighted by Gasteiger charge is 2.47. The summed E-state index contributed by atoms with van der Waals surface area (Å²) < 4.78 is 5.43. The molecule has 0 radical (unpaired) electrons. The van der Waals surface area contributed by atoms with Crippen LogP contribution in [-0.2, 0) is 14.3 Å². The van der Waals surface area contributed by atoms with Crippen LogP contribution in [0.5, 0.6) is 0 Å². The molecule has 0 aliphatic carbocycles. The Morgan fingerprint density at radius 3 is 2.24 bits per heavy atom. The molecule has 2 aliphatic heterocycles. The summed E-state index contributed by atoms with van der Waals surface area (Å²) in [5.41, 5.74) is 2.35. The molecule has 3 aromatic rings. The third-order valence-corrected chi connectivity index (χ3v) is 6.93. The number of carbonyl (C=O) groups is 4. The fourth-order valence-electron chi connectivity index (χ4n) is 4.33. The Hall–Kier alpha value is -3.78. The minimum Gasteiger partial charge on any atom is -0.443 e. The predicted molar refractivity (Wildman–Crippen MR) is 122 cm³/mol. The molecule has 1 aromatic heterocycles. The van der Waals surface area contributed by atoms with Gasteiger partial charge >= 0.3 is 5.97 Å². The summed E-state index contributed by atoms with van der Waals surface area (Å²) in [6.45, 7) is 1.48. The summed E-state index contributed by atoms with van der Waals surface area (Å²) in [6.07, 6.45) is -0.0165. The Balaban J connectivity index is 1.37. The maximum absolute atomic E-state index is 13.1. The van der Waals surface area contributed by atoms with Crippen molar-refractivity contribution in [1.29, 1.82) is 0 Å². The Morgan fingerprint density at radius 1 is 0.970 bits per heavy atom. The second-order valence-electron chi connectivity index (χ2n) is 8.05. The molecule has 1 saturated heterocycles. The first-order valence-electron chi connectivity index (χ1n) is 10.5. The number of nitrogens with zero attached hydrogens (tertiary/aromatic N) is 2. The molecule has 166 valence electrons. The van der Waals surface area contributed by atoms with Gasteiger partial charge in [-0.3, -0.25) is 19.2 Å². The number of fused-ring (bicyclic) bond motifs is 1. The van der Waals surface area contributed by atoms with E-state index < -0.39 is 36.5 Å². The van der Waals surface area contributed by atoms with Gasteiger partial charge in [-0.1, -0.05) is 35.9 Å². The van der Waals surface area contributed by atoms with Gasteiger partial charge in [0.05, 0.1) is 23.1 Å². The summed E-state index contributed by atoms with van der Waals surface area (Å²) in [5.74, 6) is -2.55. The van der Waals surface area contributed by atoms with Crippen molar-refractivity contribution in [2.24, 2.45) is 5.92 Å². The summed E-state index contributed by atoms with van der Waals surface area (Å²) in [5, 5.41) is 1.90. The molecule has 1 fully saturated rings. The molecule has 33 heavy (non-hydrogen) atoms. The molecule has 2 aromatic carbocycles. The Kier molecular flexibility index (Phi) is 5.30. The number of rotatable bonds is 5. The third-order valence-electron chi connectivity index (χ3n) is 5.99. The van der Waals surface area contributed by atoms with E-state index in [2.05, 4.69) is 0 Å². The van der Waals surface area contributed by atoms with Crippen LogP contribution in [0.3, 0.4) is 0 Å². The van der Waals surface area contributed by atoms with E-state index in [1.807, 2.05) is 48.7 Å². The molecule has 3 heterocycles. The number of imide groups is 1. The van der Waals surface area contributed by atoms with Gasteiger partial charge in [-0.2, -0.15) is 0 Å². The zero-order valence-electron chi connectivity index (χ0n) is 17.8. The Labute approximate surface area is 194 Å². The van der Waals surface area contributed by atoms with Gasteiger partial charge in [0, 0.05) is 17.0 Å². The van der Waals surface area contributed by atoms with Crippen molar-refractivity contribution in [1.82, 2.24) is 4.90 Å². The molecular weight excluding hydrogens is 440 g/mol. The highest BCUT2D eigenvalue weighted by Crippen LogP contribution is 2.43. The smallest absolute Gasteiger partial charge is 0.313 e. The van der Waals surface area contributed by atoms with Gasteiger partial charge in [-0.15, -0.1) is 11.3 Å². The van der Waals surface area contributed by atoms with Crippen LogP contribution in [0, 0.1) is 12.8 Å². The Bertz CT molecular complexity index is 1220. The number of benzene rings is 2. The van der Waals surface area contributed by atoms with Gasteiger partial charge in [-0.05, 0) is 42.6 Å². The van der Waals surface area contributed by atoms with E-state index in [4.69, 9.17) is 4.74 Å². The fraction of sp³-hybridized carbons (Fsp3) is 0.200. The lowest BCUT2D eigenvalue weighted by Gasteiger charge is -2.27. The normalized spacial score (nSPS) is 19.8. The van der Waals surface area contributed by atoms with E-state index in [9.17, 15) is 19.2 Å². The molecule has 7 nitrogen and oxygen atoms in total. The molecular formula is C25H20N2O5S. The van der Waals surface area contributed by atoms with Gasteiger partial charge in [0.15, 0.2) is 6.73 Å². The summed E-state index contributed by atoms with van der Waals surface area (Å²) in [6, 6.07) is 17.3. The number of thiophene rings is 1. The van der Waals surface area contributed by atoms with E-state index in [0.717, 1.165) is 15.3 Å². The van der Waals surface area contributed by atoms with Crippen LogP contribution in [0.15, 0.2) is 66.0 Å². The monoisotopic (exact) mass is 460 g/mol. The largest absolute Gasteiger partial charge is 0.443 e. The number of hydrogen-bond acceptors (Lipinski definition) is 6. The number of ether oxygens (including phenoxy) is 1. The van der Waals surface area contributed by atoms with E-state index >= 15 is 0 Å². The molecule has 2 atom stereocenters. The molecule has 8 heteroatoms. The number of hydrogen-bond donors (Lipinski definition) is 0. The number of anilines is 1. The van der Waals surface area contributed by atoms with Gasteiger partial charge in [-0.25, -0.2) is 4.90 Å². The number of carbonyl (C=O) groups excluding carboxylic acids is 4. The van der Waals surface area contributed by atoms with Crippen LogP contribution in [0.2, 0.25) is 0 Å². The van der Waals surface area contributed by atoms with Crippen LogP contribution < -0.4 is 4.90 Å². The van der Waals surface area contributed by atoms with E-state index in [-0.39, 0.29) is 23.5 Å². The van der Waals surface area contributed by atoms with Crippen molar-refractivity contribution in [2.75, 3.05) is 11.6 Å². The highest BCUT2D eigenvalue weighted by molar-refractivity contribution is 7.10. The molecule has 3 amide bonds. The van der Waals surface area contributed by atoms with Crippen LogP contribution in [0.25, 0.3) is 0 Å². The molecule has 2 aliphatic rings. The maximum atomic E-state index is 13.1. The summed E-state index contributed by atoms with van der Waals surface area (Å²) in [7, 11) is 0. The second-order valence-corrected chi connectivity index (χ2v) is 9.03. The van der Waals surface area contributed by atoms with Crippen LogP contribution >= 0.6 is 11.3 Å². The van der Waals surface area contributed by atoms with E-state index in [1.54, 1.807) is 29.2 Å². The fourth-order valence-corrected chi connectivity index (χ4v) is 5.21. The average molecular weight is 461 g/mol. The van der Waals surface area contributed by atoms with Gasteiger partial charge < -0.3 is 9.64 Å². The second kappa shape index (κ2) is 8.29. The minimum atomic E-state index is -0.757. The molecule has 0 N–H and O–H groups in total. The van der Waals surface area contributed by atoms with E-state index in [0.29, 0.717) is 5.69 Å². The maximum Gasteiger partial charge on any atom is 0.313 e. The number of esters is 1. The summed E-state index contributed by atoms with van der Waals surface area (Å²) in [4.78, 5) is 54.7. The lowest BCUT2D eigenvalue weighted by atomic mass is 9.99. The first-order chi connectivity index (χ1) is 16.0. The standard InChI is InChI=1S/C25H20N2O5S/c1-15-8-10-16(11-9-15)27-21(28)13-19(22(27)20-7-4-12-33-20)25(31)32-14-26-23(29)17-5-2-3-6-18(17)24(26)30/h2-12,19,22H,13-14H2,1H3/t19-,22+/m0/s1. The van der Waals surface area contributed by atoms with Crippen LogP contribution in [0.1, 0.15) is 43.6 Å². The molecule has 0 spiro atoms. The number of amides is 3. The SMILES string of the molecule is Cc1ccc(N2C(=O)C[C@H](C(=O)OCN3C(=O)c4ccccc4C3=O)[C@@H]2c2cccs2)cc1. The van der Waals surface area contributed by atoms with Gasteiger partial charge in [0.1, 0.15) is 0 Å². The zero-order chi connectivity index (χ0) is 23.1. The van der Waals surface area contributed by atoms with Crippen LogP contribution in [0.4, 0.5) is 5.69 Å². The van der Waals surface area contributed by atoms with Gasteiger partial charge in [0.25, 0.3) is 11.8 Å². The first-order valence-corrected chi connectivity index (χ1v) is 11.4. The van der Waals surface area contributed by atoms with E-state index in [1.165, 1.54) is 11.3 Å². The predicted octanol–water partition coefficient (Wildman–Crippen LogP) is 3.95. The molecule has 0 saturated carbocycles. The number of aryl methyl sites for hydroxylation is 1. The lowest BCUT2D eigenvalue weighted by Crippen LogP contribution is -2.35. The lowest BCUT2D eigenvalue weighted by molar-refractivity contribution is -0.151. The zero-order valence-corrected chi connectivity index (χ0v) is 18.6. The highest BCUT2D eigenvalue weighted by atomic mass is 32.1. The quantitative estimate of drug-likeness (QED) is 0.425. The van der Waals surface area contributed by atoms with Crippen molar-refractivity contribution < 1.29 is 23.9 Å². The minimum absolute atomic E-state index is 0.0165. The average Bonchev–Trinajstić information content (AvgIpc) is 3.52. The van der Waals surface area contributed by atoms with Gasteiger partial charge in [0.2, 0.25) is 5.91 Å². The molecule has 5 rings (SSSR count). The molecule has 0 unspecified atom stereocenters. The first kappa shape index (κ1) is 21.1. The van der Waals surface area contributed by atoms with Crippen molar-refractivity contribution in [2.45, 2.75) is 19.4 Å².